The second-order valence-electron chi connectivity index (χ2n) is 5.48. The van der Waals surface area contributed by atoms with E-state index in [2.05, 4.69) is 29.9 Å². The van der Waals surface area contributed by atoms with Crippen molar-refractivity contribution in [3.8, 4) is 0 Å². The molecule has 4 heteroatoms. The number of hydrogen-bond donors (Lipinski definition) is 2. The summed E-state index contributed by atoms with van der Waals surface area (Å²) in [6.45, 7) is 4.97. The number of amides is 1. The summed E-state index contributed by atoms with van der Waals surface area (Å²) in [5.41, 5.74) is 1.73. The molecule has 1 saturated heterocycles. The number of aryl methyl sites for hydroxylation is 1. The zero-order valence-corrected chi connectivity index (χ0v) is 12.5. The zero-order valence-electron chi connectivity index (χ0n) is 11.6. The lowest BCUT2D eigenvalue weighted by atomic mass is 9.98. The maximum atomic E-state index is 12.2. The van der Waals surface area contributed by atoms with Crippen LogP contribution in [0.2, 0.25) is 0 Å². The molecule has 0 radical (unpaired) electrons. The molecule has 1 aliphatic rings. The molecule has 0 aromatic heterocycles. The van der Waals surface area contributed by atoms with Crippen molar-refractivity contribution in [2.75, 3.05) is 26.7 Å². The monoisotopic (exact) mass is 278 g/mol. The maximum absolute atomic E-state index is 12.2. The first-order chi connectivity index (χ1) is 9.06. The summed E-state index contributed by atoms with van der Waals surface area (Å²) in [4.78, 5) is 15.3. The van der Waals surface area contributed by atoms with Crippen molar-refractivity contribution in [3.63, 3.8) is 0 Å². The molecule has 104 valence electrons. The predicted molar refractivity (Wildman–Crippen MR) is 81.0 cm³/mol. The lowest BCUT2D eigenvalue weighted by Gasteiger charge is -2.29. The van der Waals surface area contributed by atoms with Crippen LogP contribution in [-0.2, 0) is 0 Å². The number of likely N-dealkylation sites (tertiary alicyclic amines) is 1. The molecule has 0 spiro atoms. The molecule has 1 fully saturated rings. The van der Waals surface area contributed by atoms with Crippen molar-refractivity contribution in [1.29, 1.82) is 0 Å². The topological polar surface area (TPSA) is 32.3 Å². The molecule has 1 aliphatic heterocycles. The molecular weight excluding hydrogens is 256 g/mol. The normalized spacial score (nSPS) is 20.3. The highest BCUT2D eigenvalue weighted by Crippen LogP contribution is 2.16. The summed E-state index contributed by atoms with van der Waals surface area (Å²) in [5, 5.41) is 3.06. The summed E-state index contributed by atoms with van der Waals surface area (Å²) in [6, 6.07) is 5.68. The number of hydrogen-bond acceptors (Lipinski definition) is 3. The fourth-order valence-electron chi connectivity index (χ4n) is 2.63. The van der Waals surface area contributed by atoms with Crippen LogP contribution in [0.1, 0.15) is 28.8 Å². The van der Waals surface area contributed by atoms with Crippen LogP contribution >= 0.6 is 12.6 Å². The lowest BCUT2D eigenvalue weighted by Crippen LogP contribution is -2.39. The third-order valence-electron chi connectivity index (χ3n) is 3.74. The summed E-state index contributed by atoms with van der Waals surface area (Å²) in [5.74, 6) is 0.587. The van der Waals surface area contributed by atoms with Gasteiger partial charge in [0.1, 0.15) is 0 Å². The largest absolute Gasteiger partial charge is 0.352 e. The van der Waals surface area contributed by atoms with Gasteiger partial charge in [-0.2, -0.15) is 0 Å². The van der Waals surface area contributed by atoms with Gasteiger partial charge in [0.2, 0.25) is 0 Å². The van der Waals surface area contributed by atoms with E-state index in [1.807, 2.05) is 25.1 Å². The van der Waals surface area contributed by atoms with Crippen LogP contribution < -0.4 is 5.32 Å². The third kappa shape index (κ3) is 3.98. The van der Waals surface area contributed by atoms with E-state index in [0.717, 1.165) is 29.1 Å². The summed E-state index contributed by atoms with van der Waals surface area (Å²) >= 11 is 4.29. The number of piperidine rings is 1. The number of thiol groups is 1. The maximum Gasteiger partial charge on any atom is 0.251 e. The van der Waals surface area contributed by atoms with Crippen LogP contribution in [0.25, 0.3) is 0 Å². The molecule has 19 heavy (non-hydrogen) atoms. The minimum absolute atomic E-state index is 0.0154. The highest BCUT2D eigenvalue weighted by atomic mass is 32.1. The molecule has 1 aromatic carbocycles. The number of nitrogens with one attached hydrogen (secondary N) is 1. The van der Waals surface area contributed by atoms with Crippen molar-refractivity contribution in [2.45, 2.75) is 24.7 Å². The van der Waals surface area contributed by atoms with E-state index >= 15 is 0 Å². The minimum Gasteiger partial charge on any atom is -0.352 e. The Balaban J connectivity index is 1.92. The van der Waals surface area contributed by atoms with Gasteiger partial charge < -0.3 is 10.2 Å². The Morgan fingerprint density at radius 1 is 1.53 bits per heavy atom. The molecule has 1 heterocycles. The van der Waals surface area contributed by atoms with Crippen LogP contribution in [-0.4, -0.2) is 37.5 Å². The van der Waals surface area contributed by atoms with Crippen molar-refractivity contribution in [3.05, 3.63) is 29.3 Å². The number of benzene rings is 1. The van der Waals surface area contributed by atoms with E-state index in [9.17, 15) is 4.79 Å². The fraction of sp³-hybridized carbons (Fsp3) is 0.533. The average Bonchev–Trinajstić information content (AvgIpc) is 2.39. The first-order valence-electron chi connectivity index (χ1n) is 6.82. The summed E-state index contributed by atoms with van der Waals surface area (Å²) < 4.78 is 0. The van der Waals surface area contributed by atoms with E-state index in [4.69, 9.17) is 0 Å². The molecule has 1 unspecified atom stereocenters. The predicted octanol–water partition coefficient (Wildman–Crippen LogP) is 2.36. The van der Waals surface area contributed by atoms with Gasteiger partial charge in [0.15, 0.2) is 0 Å². The first kappa shape index (κ1) is 14.4. The molecule has 1 N–H and O–H groups in total. The molecule has 0 saturated carbocycles. The van der Waals surface area contributed by atoms with Gasteiger partial charge in [0.25, 0.3) is 5.91 Å². The number of nitrogens with zero attached hydrogens (tertiary/aromatic N) is 1. The number of carbonyl (C=O) groups is 1. The Kier molecular flexibility index (Phi) is 4.88. The standard InChI is InChI=1S/C15H22N2OS/c1-11-5-6-13(19)8-14(11)15(18)16-9-12-4-3-7-17(2)10-12/h5-6,8,12,19H,3-4,7,9-10H2,1-2H3,(H,16,18). The zero-order chi connectivity index (χ0) is 13.8. The molecule has 1 atom stereocenters. The Hall–Kier alpha value is -1.00. The Morgan fingerprint density at radius 2 is 2.32 bits per heavy atom. The van der Waals surface area contributed by atoms with Gasteiger partial charge >= 0.3 is 0 Å². The Bertz CT molecular complexity index is 461. The van der Waals surface area contributed by atoms with Gasteiger partial charge in [-0.3, -0.25) is 4.79 Å². The first-order valence-corrected chi connectivity index (χ1v) is 7.27. The van der Waals surface area contributed by atoms with Crippen molar-refractivity contribution in [2.24, 2.45) is 5.92 Å². The quantitative estimate of drug-likeness (QED) is 0.832. The van der Waals surface area contributed by atoms with E-state index < -0.39 is 0 Å². The fourth-order valence-corrected chi connectivity index (χ4v) is 2.83. The molecule has 0 bridgehead atoms. The second kappa shape index (κ2) is 6.44. The van der Waals surface area contributed by atoms with E-state index in [1.165, 1.54) is 19.4 Å². The van der Waals surface area contributed by atoms with Gasteiger partial charge in [0.05, 0.1) is 0 Å². The highest BCUT2D eigenvalue weighted by molar-refractivity contribution is 7.80. The van der Waals surface area contributed by atoms with Crippen molar-refractivity contribution >= 4 is 18.5 Å². The molecule has 1 amide bonds. The van der Waals surface area contributed by atoms with E-state index in [1.54, 1.807) is 0 Å². The van der Waals surface area contributed by atoms with Crippen LogP contribution in [0.15, 0.2) is 23.1 Å². The van der Waals surface area contributed by atoms with Gasteiger partial charge in [-0.25, -0.2) is 0 Å². The highest BCUT2D eigenvalue weighted by Gasteiger charge is 2.18. The summed E-state index contributed by atoms with van der Waals surface area (Å²) in [6.07, 6.45) is 2.43. The smallest absolute Gasteiger partial charge is 0.251 e. The van der Waals surface area contributed by atoms with Gasteiger partial charge in [0, 0.05) is 23.5 Å². The Morgan fingerprint density at radius 3 is 3.05 bits per heavy atom. The van der Waals surface area contributed by atoms with Crippen molar-refractivity contribution < 1.29 is 4.79 Å². The van der Waals surface area contributed by atoms with Gasteiger partial charge in [-0.1, -0.05) is 6.07 Å². The minimum atomic E-state index is 0.0154. The average molecular weight is 278 g/mol. The number of rotatable bonds is 3. The van der Waals surface area contributed by atoms with E-state index in [0.29, 0.717) is 5.92 Å². The second-order valence-corrected chi connectivity index (χ2v) is 6.00. The van der Waals surface area contributed by atoms with Gasteiger partial charge in [-0.05, 0) is 57.0 Å². The SMILES string of the molecule is Cc1ccc(S)cc1C(=O)NCC1CCCN(C)C1. The van der Waals surface area contributed by atoms with Crippen LogP contribution in [0.5, 0.6) is 0 Å². The molecular formula is C15H22N2OS. The van der Waals surface area contributed by atoms with E-state index in [-0.39, 0.29) is 5.91 Å². The van der Waals surface area contributed by atoms with Crippen LogP contribution in [0.3, 0.4) is 0 Å². The Labute approximate surface area is 120 Å². The molecule has 1 aromatic rings. The summed E-state index contributed by atoms with van der Waals surface area (Å²) in [7, 11) is 2.14. The molecule has 0 aliphatic carbocycles. The van der Waals surface area contributed by atoms with Gasteiger partial charge in [-0.15, -0.1) is 12.6 Å². The van der Waals surface area contributed by atoms with Crippen molar-refractivity contribution in [1.82, 2.24) is 10.2 Å². The molecule has 3 nitrogen and oxygen atoms in total. The third-order valence-corrected chi connectivity index (χ3v) is 4.02. The molecule has 2 rings (SSSR count). The van der Waals surface area contributed by atoms with Crippen LogP contribution in [0, 0.1) is 12.8 Å². The number of carbonyl (C=O) groups excluding carboxylic acids is 1. The lowest BCUT2D eigenvalue weighted by molar-refractivity contribution is 0.0936. The van der Waals surface area contributed by atoms with Crippen LogP contribution in [0.4, 0.5) is 0 Å².